The first-order valence-corrected chi connectivity index (χ1v) is 8.23. The van der Waals surface area contributed by atoms with E-state index in [1.807, 2.05) is 24.3 Å². The minimum atomic E-state index is -3.61. The molecular formula is C16H17NO3S. The third-order valence-electron chi connectivity index (χ3n) is 4.00. The quantitative estimate of drug-likeness (QED) is 0.948. The number of allylic oxidation sites excluding steroid dienone is 3. The van der Waals surface area contributed by atoms with Gasteiger partial charge in [0.05, 0.1) is 12.1 Å². The summed E-state index contributed by atoms with van der Waals surface area (Å²) in [6.45, 7) is 1.53. The number of aliphatic hydroxyl groups is 1. The molecule has 1 atom stereocenters. The SMILES string of the molecule is CC1(S(=O)(=O)n2cc(CO)c3ccccc32)C=CC=CC1. The summed E-state index contributed by atoms with van der Waals surface area (Å²) in [5.74, 6) is 0. The van der Waals surface area contributed by atoms with Gasteiger partial charge in [0, 0.05) is 17.1 Å². The van der Waals surface area contributed by atoms with Crippen LogP contribution in [0.15, 0.2) is 54.8 Å². The molecule has 0 amide bonds. The number of hydrogen-bond acceptors (Lipinski definition) is 3. The highest BCUT2D eigenvalue weighted by molar-refractivity contribution is 7.91. The van der Waals surface area contributed by atoms with Gasteiger partial charge in [-0.25, -0.2) is 12.4 Å². The third kappa shape index (κ3) is 2.04. The molecular weight excluding hydrogens is 286 g/mol. The fourth-order valence-corrected chi connectivity index (χ4v) is 4.36. The van der Waals surface area contributed by atoms with Gasteiger partial charge >= 0.3 is 0 Å². The summed E-state index contributed by atoms with van der Waals surface area (Å²) >= 11 is 0. The van der Waals surface area contributed by atoms with E-state index in [9.17, 15) is 13.5 Å². The molecule has 3 rings (SSSR count). The van der Waals surface area contributed by atoms with Gasteiger partial charge in [-0.2, -0.15) is 0 Å². The smallest absolute Gasteiger partial charge is 0.248 e. The number of rotatable bonds is 3. The van der Waals surface area contributed by atoms with Crippen molar-refractivity contribution in [2.24, 2.45) is 0 Å². The molecule has 0 saturated carbocycles. The topological polar surface area (TPSA) is 59.3 Å². The van der Waals surface area contributed by atoms with Crippen LogP contribution in [0.5, 0.6) is 0 Å². The Morgan fingerprint density at radius 1 is 1.29 bits per heavy atom. The lowest BCUT2D eigenvalue weighted by Crippen LogP contribution is -2.37. The molecule has 1 aromatic carbocycles. The molecule has 0 radical (unpaired) electrons. The van der Waals surface area contributed by atoms with Gasteiger partial charge in [-0.3, -0.25) is 0 Å². The summed E-state index contributed by atoms with van der Waals surface area (Å²) in [6, 6.07) is 7.22. The minimum absolute atomic E-state index is 0.185. The number of benzene rings is 1. The molecule has 0 saturated heterocycles. The standard InChI is InChI=1S/C16H17NO3S/c1-16(9-5-2-6-10-16)21(19,20)17-11-13(12-18)14-7-3-4-8-15(14)17/h2-9,11,18H,10,12H2,1H3. The Bertz CT molecular complexity index is 846. The van der Waals surface area contributed by atoms with Crippen LogP contribution in [0.1, 0.15) is 18.9 Å². The van der Waals surface area contributed by atoms with Crippen LogP contribution >= 0.6 is 0 Å². The molecule has 0 aliphatic heterocycles. The molecule has 0 spiro atoms. The van der Waals surface area contributed by atoms with Gasteiger partial charge in [0.25, 0.3) is 0 Å². The summed E-state index contributed by atoms with van der Waals surface area (Å²) in [5.41, 5.74) is 1.22. The lowest BCUT2D eigenvalue weighted by atomic mass is 10.0. The van der Waals surface area contributed by atoms with Crippen molar-refractivity contribution in [1.29, 1.82) is 0 Å². The summed E-state index contributed by atoms with van der Waals surface area (Å²) in [4.78, 5) is 0. The second kappa shape index (κ2) is 4.86. The van der Waals surface area contributed by atoms with Crippen molar-refractivity contribution in [3.63, 3.8) is 0 Å². The molecule has 1 aliphatic rings. The Balaban J connectivity index is 2.25. The maximum atomic E-state index is 13.0. The lowest BCUT2D eigenvalue weighted by Gasteiger charge is -2.27. The van der Waals surface area contributed by atoms with E-state index in [0.717, 1.165) is 5.39 Å². The Kier molecular flexibility index (Phi) is 3.26. The zero-order valence-corrected chi connectivity index (χ0v) is 12.5. The zero-order chi connectivity index (χ0) is 15.1. The van der Waals surface area contributed by atoms with E-state index in [1.165, 1.54) is 10.2 Å². The molecule has 4 nitrogen and oxygen atoms in total. The van der Waals surface area contributed by atoms with E-state index < -0.39 is 14.8 Å². The largest absolute Gasteiger partial charge is 0.392 e. The third-order valence-corrected chi connectivity index (χ3v) is 6.30. The Morgan fingerprint density at radius 2 is 2.05 bits per heavy atom. The van der Waals surface area contributed by atoms with Gasteiger partial charge < -0.3 is 5.11 Å². The summed E-state index contributed by atoms with van der Waals surface area (Å²) in [6.07, 6.45) is 9.15. The summed E-state index contributed by atoms with van der Waals surface area (Å²) in [7, 11) is -3.61. The van der Waals surface area contributed by atoms with Crippen molar-refractivity contribution in [1.82, 2.24) is 3.97 Å². The summed E-state index contributed by atoms with van der Waals surface area (Å²) < 4.78 is 26.4. The Hall–Kier alpha value is -1.85. The van der Waals surface area contributed by atoms with Crippen LogP contribution in [0.25, 0.3) is 10.9 Å². The number of para-hydroxylation sites is 1. The molecule has 1 aromatic heterocycles. The van der Waals surface area contributed by atoms with Gasteiger partial charge in [0.2, 0.25) is 10.0 Å². The average molecular weight is 303 g/mol. The van der Waals surface area contributed by atoms with Crippen LogP contribution in [0, 0.1) is 0 Å². The second-order valence-corrected chi connectivity index (χ2v) is 7.71. The van der Waals surface area contributed by atoms with Crippen molar-refractivity contribution >= 4 is 20.9 Å². The number of nitrogens with zero attached hydrogens (tertiary/aromatic N) is 1. The van der Waals surface area contributed by atoms with E-state index in [4.69, 9.17) is 0 Å². The number of hydrogen-bond donors (Lipinski definition) is 1. The molecule has 110 valence electrons. The van der Waals surface area contributed by atoms with Crippen LogP contribution in [0.3, 0.4) is 0 Å². The fourth-order valence-electron chi connectivity index (χ4n) is 2.67. The van der Waals surface area contributed by atoms with Gasteiger partial charge in [0.15, 0.2) is 0 Å². The normalized spacial score (nSPS) is 22.0. The molecule has 1 unspecified atom stereocenters. The number of aliphatic hydroxyl groups excluding tert-OH is 1. The first kappa shape index (κ1) is 14.1. The Labute approximate surface area is 124 Å². The van der Waals surface area contributed by atoms with Crippen molar-refractivity contribution in [3.8, 4) is 0 Å². The molecule has 2 aromatic rings. The first-order chi connectivity index (χ1) is 9.99. The van der Waals surface area contributed by atoms with Crippen LogP contribution in [-0.4, -0.2) is 22.2 Å². The van der Waals surface area contributed by atoms with Crippen LogP contribution in [0.2, 0.25) is 0 Å². The molecule has 0 fully saturated rings. The predicted molar refractivity (Wildman–Crippen MR) is 83.5 cm³/mol. The zero-order valence-electron chi connectivity index (χ0n) is 11.7. The highest BCUT2D eigenvalue weighted by Crippen LogP contribution is 2.32. The van der Waals surface area contributed by atoms with E-state index >= 15 is 0 Å². The van der Waals surface area contributed by atoms with Crippen molar-refractivity contribution in [3.05, 3.63) is 60.3 Å². The first-order valence-electron chi connectivity index (χ1n) is 6.79. The highest BCUT2D eigenvalue weighted by atomic mass is 32.2. The predicted octanol–water partition coefficient (Wildman–Crippen LogP) is 2.59. The van der Waals surface area contributed by atoms with E-state index in [2.05, 4.69) is 0 Å². The maximum Gasteiger partial charge on any atom is 0.248 e. The molecule has 1 heterocycles. The minimum Gasteiger partial charge on any atom is -0.392 e. The van der Waals surface area contributed by atoms with Gasteiger partial charge in [0.1, 0.15) is 4.75 Å². The maximum absolute atomic E-state index is 13.0. The molecule has 1 aliphatic carbocycles. The Morgan fingerprint density at radius 3 is 2.71 bits per heavy atom. The van der Waals surface area contributed by atoms with Crippen LogP contribution in [-0.2, 0) is 16.6 Å². The van der Waals surface area contributed by atoms with Crippen molar-refractivity contribution < 1.29 is 13.5 Å². The number of aromatic nitrogens is 1. The van der Waals surface area contributed by atoms with Gasteiger partial charge in [-0.05, 0) is 19.4 Å². The lowest BCUT2D eigenvalue weighted by molar-refractivity contribution is 0.283. The van der Waals surface area contributed by atoms with E-state index in [-0.39, 0.29) is 6.61 Å². The monoisotopic (exact) mass is 303 g/mol. The van der Waals surface area contributed by atoms with E-state index in [1.54, 1.807) is 31.2 Å². The highest BCUT2D eigenvalue weighted by Gasteiger charge is 2.38. The van der Waals surface area contributed by atoms with Crippen molar-refractivity contribution in [2.45, 2.75) is 24.7 Å². The molecule has 21 heavy (non-hydrogen) atoms. The second-order valence-electron chi connectivity index (χ2n) is 5.43. The fraction of sp³-hybridized carbons (Fsp3) is 0.250. The van der Waals surface area contributed by atoms with E-state index in [0.29, 0.717) is 17.5 Å². The molecule has 1 N–H and O–H groups in total. The molecule has 5 heteroatoms. The number of fused-ring (bicyclic) bond motifs is 1. The van der Waals surface area contributed by atoms with Crippen LogP contribution < -0.4 is 0 Å². The summed E-state index contributed by atoms with van der Waals surface area (Å²) in [5, 5.41) is 10.2. The van der Waals surface area contributed by atoms with Crippen molar-refractivity contribution in [2.75, 3.05) is 0 Å². The van der Waals surface area contributed by atoms with Gasteiger partial charge in [-0.1, -0.05) is 42.5 Å². The van der Waals surface area contributed by atoms with Crippen LogP contribution in [0.4, 0.5) is 0 Å². The molecule has 0 bridgehead atoms. The van der Waals surface area contributed by atoms with Gasteiger partial charge in [-0.15, -0.1) is 0 Å². The average Bonchev–Trinajstić information content (AvgIpc) is 2.87.